The quantitative estimate of drug-likeness (QED) is 0.721. The van der Waals surface area contributed by atoms with E-state index in [9.17, 15) is 10.4 Å². The molecule has 140 valence electrons. The number of aliphatic hydroxyl groups is 1. The third-order valence-electron chi connectivity index (χ3n) is 6.53. The molecular formula is C25H24N2O. The molecule has 2 saturated heterocycles. The highest BCUT2D eigenvalue weighted by Gasteiger charge is 2.47. The van der Waals surface area contributed by atoms with Crippen molar-refractivity contribution in [2.75, 3.05) is 4.90 Å². The Bertz CT molecular complexity index is 1040. The van der Waals surface area contributed by atoms with Gasteiger partial charge in [0.1, 0.15) is 0 Å². The lowest BCUT2D eigenvalue weighted by Crippen LogP contribution is -2.52. The summed E-state index contributed by atoms with van der Waals surface area (Å²) in [6, 6.07) is 25.6. The fourth-order valence-electron chi connectivity index (χ4n) is 5.44. The van der Waals surface area contributed by atoms with E-state index in [1.54, 1.807) is 0 Å². The Morgan fingerprint density at radius 2 is 1.54 bits per heavy atom. The molecule has 28 heavy (non-hydrogen) atoms. The molecule has 3 heteroatoms. The summed E-state index contributed by atoms with van der Waals surface area (Å²) in [5, 5.41) is 23.0. The van der Waals surface area contributed by atoms with Gasteiger partial charge in [-0.05, 0) is 43.4 Å². The minimum atomic E-state index is -0.633. The Morgan fingerprint density at radius 1 is 0.893 bits per heavy atom. The summed E-state index contributed by atoms with van der Waals surface area (Å²) in [4.78, 5) is 2.53. The molecule has 2 bridgehead atoms. The first kappa shape index (κ1) is 17.3. The first-order valence-electron chi connectivity index (χ1n) is 10.1. The van der Waals surface area contributed by atoms with E-state index in [-0.39, 0.29) is 0 Å². The van der Waals surface area contributed by atoms with Crippen LogP contribution in [0.1, 0.15) is 36.8 Å². The molecule has 0 amide bonds. The highest BCUT2D eigenvalue weighted by molar-refractivity contribution is 5.98. The van der Waals surface area contributed by atoms with E-state index in [1.807, 2.05) is 42.5 Å². The summed E-state index contributed by atoms with van der Waals surface area (Å²) in [5.74, 6) is 0. The molecule has 2 fully saturated rings. The normalized spacial score (nSPS) is 26.4. The van der Waals surface area contributed by atoms with Gasteiger partial charge in [0.05, 0.1) is 17.2 Å². The van der Waals surface area contributed by atoms with Crippen molar-refractivity contribution in [2.24, 2.45) is 0 Å². The number of benzene rings is 3. The van der Waals surface area contributed by atoms with Crippen molar-refractivity contribution in [2.45, 2.75) is 49.8 Å². The summed E-state index contributed by atoms with van der Waals surface area (Å²) in [5.41, 5.74) is 2.52. The van der Waals surface area contributed by atoms with Gasteiger partial charge in [-0.15, -0.1) is 0 Å². The maximum atomic E-state index is 11.4. The molecular weight excluding hydrogens is 344 g/mol. The van der Waals surface area contributed by atoms with Crippen LogP contribution in [0.25, 0.3) is 10.8 Å². The van der Waals surface area contributed by atoms with Crippen LogP contribution in [0.2, 0.25) is 0 Å². The standard InChI is InChI=1S/C25H24N2O/c26-17-19-10-13-24(23-9-5-4-8-22(19)23)27-20-11-12-21(27)16-25(28,15-20)14-18-6-2-1-3-7-18/h1-10,13,20-21,28H,11-12,14-16H2/t20-,21+,25?. The predicted octanol–water partition coefficient (Wildman–Crippen LogP) is 4.82. The molecule has 0 aromatic heterocycles. The zero-order valence-corrected chi connectivity index (χ0v) is 15.9. The average molecular weight is 368 g/mol. The maximum absolute atomic E-state index is 11.4. The second kappa shape index (κ2) is 6.65. The fourth-order valence-corrected chi connectivity index (χ4v) is 5.44. The van der Waals surface area contributed by atoms with Gasteiger partial charge >= 0.3 is 0 Å². The average Bonchev–Trinajstić information content (AvgIpc) is 2.99. The van der Waals surface area contributed by atoms with Gasteiger partial charge in [-0.2, -0.15) is 5.26 Å². The Morgan fingerprint density at radius 3 is 2.21 bits per heavy atom. The lowest BCUT2D eigenvalue weighted by atomic mass is 9.81. The molecule has 3 atom stereocenters. The number of fused-ring (bicyclic) bond motifs is 3. The van der Waals surface area contributed by atoms with Gasteiger partial charge in [-0.1, -0.05) is 54.6 Å². The molecule has 3 nitrogen and oxygen atoms in total. The van der Waals surface area contributed by atoms with Gasteiger partial charge in [-0.25, -0.2) is 0 Å². The molecule has 5 rings (SSSR count). The van der Waals surface area contributed by atoms with Crippen LogP contribution >= 0.6 is 0 Å². The van der Waals surface area contributed by atoms with Gasteiger partial charge < -0.3 is 10.0 Å². The summed E-state index contributed by atoms with van der Waals surface area (Å²) >= 11 is 0. The van der Waals surface area contributed by atoms with Gasteiger partial charge in [0.25, 0.3) is 0 Å². The third kappa shape index (κ3) is 2.85. The maximum Gasteiger partial charge on any atom is 0.0998 e. The van der Waals surface area contributed by atoms with E-state index >= 15 is 0 Å². The largest absolute Gasteiger partial charge is 0.389 e. The van der Waals surface area contributed by atoms with Crippen molar-refractivity contribution in [1.82, 2.24) is 0 Å². The van der Waals surface area contributed by atoms with Crippen LogP contribution in [0.15, 0.2) is 66.7 Å². The summed E-state index contributed by atoms with van der Waals surface area (Å²) in [7, 11) is 0. The molecule has 2 aliphatic heterocycles. The van der Waals surface area contributed by atoms with Gasteiger partial charge in [0, 0.05) is 35.0 Å². The molecule has 3 aromatic rings. The van der Waals surface area contributed by atoms with Crippen molar-refractivity contribution in [3.63, 3.8) is 0 Å². The topological polar surface area (TPSA) is 47.3 Å². The third-order valence-corrected chi connectivity index (χ3v) is 6.53. The van der Waals surface area contributed by atoms with Gasteiger partial charge in [-0.3, -0.25) is 0 Å². The fraction of sp³-hybridized carbons (Fsp3) is 0.320. The predicted molar refractivity (Wildman–Crippen MR) is 112 cm³/mol. The van der Waals surface area contributed by atoms with E-state index in [4.69, 9.17) is 0 Å². The zero-order valence-electron chi connectivity index (χ0n) is 15.9. The minimum absolute atomic E-state index is 0.351. The van der Waals surface area contributed by atoms with E-state index in [0.717, 1.165) is 48.4 Å². The van der Waals surface area contributed by atoms with Crippen LogP contribution in [0.5, 0.6) is 0 Å². The summed E-state index contributed by atoms with van der Waals surface area (Å²) in [6.45, 7) is 0. The monoisotopic (exact) mass is 368 g/mol. The summed E-state index contributed by atoms with van der Waals surface area (Å²) in [6.07, 6.45) is 4.56. The first-order valence-corrected chi connectivity index (χ1v) is 10.1. The van der Waals surface area contributed by atoms with Crippen molar-refractivity contribution in [3.8, 4) is 6.07 Å². The van der Waals surface area contributed by atoms with Crippen molar-refractivity contribution < 1.29 is 5.11 Å². The molecule has 3 aromatic carbocycles. The van der Waals surface area contributed by atoms with Crippen LogP contribution in [-0.4, -0.2) is 22.8 Å². The second-order valence-electron chi connectivity index (χ2n) is 8.38. The highest BCUT2D eigenvalue weighted by atomic mass is 16.3. The smallest absolute Gasteiger partial charge is 0.0998 e. The Kier molecular flexibility index (Phi) is 4.10. The van der Waals surface area contributed by atoms with Crippen molar-refractivity contribution >= 4 is 16.5 Å². The van der Waals surface area contributed by atoms with Crippen LogP contribution in [-0.2, 0) is 6.42 Å². The number of nitrogens with zero attached hydrogens (tertiary/aromatic N) is 2. The van der Waals surface area contributed by atoms with Gasteiger partial charge in [0.15, 0.2) is 0 Å². The van der Waals surface area contributed by atoms with Crippen LogP contribution in [0, 0.1) is 11.3 Å². The number of hydrogen-bond donors (Lipinski definition) is 1. The zero-order chi connectivity index (χ0) is 19.1. The van der Waals surface area contributed by atoms with Crippen molar-refractivity contribution in [3.05, 3.63) is 77.9 Å². The van der Waals surface area contributed by atoms with E-state index < -0.39 is 5.60 Å². The van der Waals surface area contributed by atoms with E-state index in [2.05, 4.69) is 35.2 Å². The number of rotatable bonds is 3. The second-order valence-corrected chi connectivity index (χ2v) is 8.38. The molecule has 0 radical (unpaired) electrons. The Balaban J connectivity index is 1.48. The first-order chi connectivity index (χ1) is 13.7. The Labute approximate surface area is 165 Å². The molecule has 2 aliphatic rings. The van der Waals surface area contributed by atoms with E-state index in [0.29, 0.717) is 12.1 Å². The minimum Gasteiger partial charge on any atom is -0.389 e. The molecule has 0 spiro atoms. The van der Waals surface area contributed by atoms with Gasteiger partial charge in [0.2, 0.25) is 0 Å². The number of nitriles is 1. The number of anilines is 1. The molecule has 0 aliphatic carbocycles. The molecule has 2 heterocycles. The highest BCUT2D eigenvalue weighted by Crippen LogP contribution is 2.46. The number of hydrogen-bond acceptors (Lipinski definition) is 3. The summed E-state index contributed by atoms with van der Waals surface area (Å²) < 4.78 is 0. The lowest BCUT2D eigenvalue weighted by Gasteiger charge is -2.45. The van der Waals surface area contributed by atoms with Crippen LogP contribution in [0.3, 0.4) is 0 Å². The molecule has 1 N–H and O–H groups in total. The Hall–Kier alpha value is -2.83. The lowest BCUT2D eigenvalue weighted by molar-refractivity contribution is 0.00220. The SMILES string of the molecule is N#Cc1ccc(N2[C@@H]3CC[C@H]2CC(O)(Cc2ccccc2)C3)c2ccccc12. The van der Waals surface area contributed by atoms with Crippen molar-refractivity contribution in [1.29, 1.82) is 5.26 Å². The van der Waals surface area contributed by atoms with Crippen LogP contribution in [0.4, 0.5) is 5.69 Å². The number of piperidine rings is 1. The molecule has 1 unspecified atom stereocenters. The van der Waals surface area contributed by atoms with E-state index in [1.165, 1.54) is 11.3 Å². The molecule has 0 saturated carbocycles. The van der Waals surface area contributed by atoms with Crippen LogP contribution < -0.4 is 4.90 Å².